The minimum Gasteiger partial charge on any atom is -0.324 e. The van der Waals surface area contributed by atoms with E-state index in [2.05, 4.69) is 4.98 Å². The molecule has 0 aliphatic heterocycles. The first-order chi connectivity index (χ1) is 9.79. The van der Waals surface area contributed by atoms with E-state index in [0.29, 0.717) is 5.56 Å². The largest absolute Gasteiger partial charge is 0.417 e. The van der Waals surface area contributed by atoms with Crippen molar-refractivity contribution in [1.29, 1.82) is 0 Å². The lowest BCUT2D eigenvalue weighted by atomic mass is 10.1. The monoisotopic (exact) mass is 316 g/mol. The van der Waals surface area contributed by atoms with Gasteiger partial charge in [-0.3, -0.25) is 0 Å². The Kier molecular flexibility index (Phi) is 4.53. The van der Waals surface area contributed by atoms with Crippen LogP contribution in [0.25, 0.3) is 0 Å². The van der Waals surface area contributed by atoms with E-state index < -0.39 is 23.6 Å². The standard InChI is InChI=1S/C14H12F4N2S/c1-8(19)10-3-2-4-11(15)13(10)21-12-6-5-9(7-20-12)14(16,17)18/h2-8H,19H2,1H3/t8-/m0/s1. The third-order valence-corrected chi connectivity index (χ3v) is 3.84. The summed E-state index contributed by atoms with van der Waals surface area (Å²) < 4.78 is 51.3. The normalized spacial score (nSPS) is 13.2. The Morgan fingerprint density at radius 1 is 1.19 bits per heavy atom. The van der Waals surface area contributed by atoms with Crippen LogP contribution < -0.4 is 5.73 Å². The Balaban J connectivity index is 2.31. The van der Waals surface area contributed by atoms with Crippen LogP contribution in [0.3, 0.4) is 0 Å². The molecule has 2 nitrogen and oxygen atoms in total. The lowest BCUT2D eigenvalue weighted by Crippen LogP contribution is -2.07. The molecule has 1 atom stereocenters. The van der Waals surface area contributed by atoms with E-state index in [0.717, 1.165) is 24.0 Å². The maximum atomic E-state index is 13.9. The third kappa shape index (κ3) is 3.74. The number of alkyl halides is 3. The molecule has 0 fully saturated rings. The summed E-state index contributed by atoms with van der Waals surface area (Å²) in [6.07, 6.45) is -3.71. The van der Waals surface area contributed by atoms with Gasteiger partial charge < -0.3 is 5.73 Å². The maximum Gasteiger partial charge on any atom is 0.417 e. The number of rotatable bonds is 3. The van der Waals surface area contributed by atoms with Crippen molar-refractivity contribution < 1.29 is 17.6 Å². The predicted molar refractivity (Wildman–Crippen MR) is 72.4 cm³/mol. The van der Waals surface area contributed by atoms with Crippen LogP contribution >= 0.6 is 11.8 Å². The summed E-state index contributed by atoms with van der Waals surface area (Å²) in [6.45, 7) is 1.71. The number of halogens is 4. The summed E-state index contributed by atoms with van der Waals surface area (Å²) in [5.74, 6) is -0.475. The number of nitrogens with zero attached hydrogens (tertiary/aromatic N) is 1. The predicted octanol–water partition coefficient (Wildman–Crippen LogP) is 4.41. The van der Waals surface area contributed by atoms with Gasteiger partial charge in [0.25, 0.3) is 0 Å². The zero-order valence-electron chi connectivity index (χ0n) is 11.0. The molecule has 0 aliphatic carbocycles. The van der Waals surface area contributed by atoms with Crippen LogP contribution in [0, 0.1) is 5.82 Å². The molecule has 112 valence electrons. The third-order valence-electron chi connectivity index (χ3n) is 2.76. The number of hydrogen-bond donors (Lipinski definition) is 1. The Hall–Kier alpha value is -1.60. The fourth-order valence-electron chi connectivity index (χ4n) is 1.70. The fourth-order valence-corrected chi connectivity index (χ4v) is 2.69. The van der Waals surface area contributed by atoms with E-state index in [9.17, 15) is 17.6 Å². The van der Waals surface area contributed by atoms with Gasteiger partial charge in [0, 0.05) is 12.2 Å². The topological polar surface area (TPSA) is 38.9 Å². The summed E-state index contributed by atoms with van der Waals surface area (Å²) in [6, 6.07) is 6.24. The van der Waals surface area contributed by atoms with E-state index >= 15 is 0 Å². The summed E-state index contributed by atoms with van der Waals surface area (Å²) in [5.41, 5.74) is 5.51. The number of benzene rings is 1. The van der Waals surface area contributed by atoms with Crippen molar-refractivity contribution in [1.82, 2.24) is 4.98 Å². The van der Waals surface area contributed by atoms with Crippen molar-refractivity contribution in [3.8, 4) is 0 Å². The Morgan fingerprint density at radius 2 is 1.90 bits per heavy atom. The van der Waals surface area contributed by atoms with Crippen LogP contribution in [-0.4, -0.2) is 4.98 Å². The summed E-state index contributed by atoms with van der Waals surface area (Å²) in [4.78, 5) is 4.00. The van der Waals surface area contributed by atoms with Gasteiger partial charge in [-0.1, -0.05) is 23.9 Å². The Labute approximate surface area is 123 Å². The van der Waals surface area contributed by atoms with Gasteiger partial charge in [-0.2, -0.15) is 13.2 Å². The maximum absolute atomic E-state index is 13.9. The molecule has 1 aromatic carbocycles. The van der Waals surface area contributed by atoms with Crippen molar-refractivity contribution in [2.45, 2.75) is 29.1 Å². The van der Waals surface area contributed by atoms with Crippen molar-refractivity contribution in [2.24, 2.45) is 5.73 Å². The Bertz CT molecular complexity index is 624. The lowest BCUT2D eigenvalue weighted by molar-refractivity contribution is -0.137. The highest BCUT2D eigenvalue weighted by Gasteiger charge is 2.30. The molecule has 0 unspecified atom stereocenters. The molecule has 21 heavy (non-hydrogen) atoms. The fraction of sp³-hybridized carbons (Fsp3) is 0.214. The Morgan fingerprint density at radius 3 is 2.43 bits per heavy atom. The molecule has 7 heteroatoms. The number of pyridine rings is 1. The van der Waals surface area contributed by atoms with Crippen LogP contribution in [0.4, 0.5) is 17.6 Å². The molecule has 0 spiro atoms. The van der Waals surface area contributed by atoms with Gasteiger partial charge in [-0.05, 0) is 30.7 Å². The van der Waals surface area contributed by atoms with Gasteiger partial charge in [0.1, 0.15) is 10.8 Å². The summed E-state index contributed by atoms with van der Waals surface area (Å²) in [7, 11) is 0. The highest BCUT2D eigenvalue weighted by atomic mass is 32.2. The second-order valence-corrected chi connectivity index (χ2v) is 5.46. The van der Waals surface area contributed by atoms with Gasteiger partial charge in [-0.25, -0.2) is 9.37 Å². The zero-order chi connectivity index (χ0) is 15.6. The molecule has 1 aromatic heterocycles. The summed E-state index contributed by atoms with van der Waals surface area (Å²) in [5, 5.41) is 0.273. The van der Waals surface area contributed by atoms with Crippen molar-refractivity contribution in [3.63, 3.8) is 0 Å². The molecule has 2 N–H and O–H groups in total. The van der Waals surface area contributed by atoms with Crippen molar-refractivity contribution in [3.05, 3.63) is 53.5 Å². The van der Waals surface area contributed by atoms with Crippen LogP contribution in [0.2, 0.25) is 0 Å². The molecule has 2 aromatic rings. The second kappa shape index (κ2) is 6.03. The lowest BCUT2D eigenvalue weighted by Gasteiger charge is -2.13. The van der Waals surface area contributed by atoms with Crippen LogP contribution in [-0.2, 0) is 6.18 Å². The zero-order valence-corrected chi connectivity index (χ0v) is 11.8. The van der Waals surface area contributed by atoms with Crippen LogP contribution in [0.15, 0.2) is 46.5 Å². The average molecular weight is 316 g/mol. The average Bonchev–Trinajstić information content (AvgIpc) is 2.40. The molecule has 0 saturated heterocycles. The first kappa shape index (κ1) is 15.8. The van der Waals surface area contributed by atoms with Crippen molar-refractivity contribution in [2.75, 3.05) is 0 Å². The van der Waals surface area contributed by atoms with Gasteiger partial charge in [-0.15, -0.1) is 0 Å². The van der Waals surface area contributed by atoms with Crippen LogP contribution in [0.5, 0.6) is 0 Å². The smallest absolute Gasteiger partial charge is 0.324 e. The molecule has 2 rings (SSSR count). The minimum atomic E-state index is -4.44. The van der Waals surface area contributed by atoms with Gasteiger partial charge in [0.15, 0.2) is 0 Å². The number of hydrogen-bond acceptors (Lipinski definition) is 3. The van der Waals surface area contributed by atoms with Gasteiger partial charge >= 0.3 is 6.18 Å². The van der Waals surface area contributed by atoms with E-state index in [1.165, 1.54) is 18.2 Å². The molecule has 0 aliphatic rings. The molecular formula is C14H12F4N2S. The number of aromatic nitrogens is 1. The van der Waals surface area contributed by atoms with Gasteiger partial charge in [0.2, 0.25) is 0 Å². The molecule has 0 radical (unpaired) electrons. The molecule has 0 saturated carbocycles. The van der Waals surface area contributed by atoms with E-state index in [4.69, 9.17) is 5.73 Å². The first-order valence-electron chi connectivity index (χ1n) is 6.04. The second-order valence-electron chi connectivity index (χ2n) is 4.43. The number of nitrogens with two attached hydrogens (primary N) is 1. The quantitative estimate of drug-likeness (QED) is 0.853. The van der Waals surface area contributed by atoms with E-state index in [-0.39, 0.29) is 9.92 Å². The van der Waals surface area contributed by atoms with E-state index in [1.54, 1.807) is 13.0 Å². The highest BCUT2D eigenvalue weighted by molar-refractivity contribution is 7.99. The van der Waals surface area contributed by atoms with Crippen LogP contribution in [0.1, 0.15) is 24.1 Å². The first-order valence-corrected chi connectivity index (χ1v) is 6.86. The molecule has 0 bridgehead atoms. The van der Waals surface area contributed by atoms with Gasteiger partial charge in [0.05, 0.1) is 10.5 Å². The SMILES string of the molecule is C[C@H](N)c1cccc(F)c1Sc1ccc(C(F)(F)F)cn1. The molecule has 0 amide bonds. The highest BCUT2D eigenvalue weighted by Crippen LogP contribution is 2.35. The molecule has 1 heterocycles. The minimum absolute atomic E-state index is 0.273. The molecular weight excluding hydrogens is 304 g/mol. The summed E-state index contributed by atoms with van der Waals surface area (Å²) >= 11 is 0.955. The van der Waals surface area contributed by atoms with E-state index in [1.807, 2.05) is 0 Å². The van der Waals surface area contributed by atoms with Crippen molar-refractivity contribution >= 4 is 11.8 Å².